The molecular weight excluding hydrogens is 144 g/mol. The van der Waals surface area contributed by atoms with E-state index in [1.165, 1.54) is 5.57 Å². The van der Waals surface area contributed by atoms with Gasteiger partial charge in [0, 0.05) is 0 Å². The zero-order chi connectivity index (χ0) is 10.1. The van der Waals surface area contributed by atoms with E-state index in [-0.39, 0.29) is 0 Å². The van der Waals surface area contributed by atoms with Crippen LogP contribution in [-0.4, -0.2) is 0 Å². The Balaban J connectivity index is 0. The standard InChI is InChI=1S/C10H16.C2H6/c1-6-10(9(4)5)7-8(2)3;1-2/h7H,2,4,6H2,1,3,5H3;1-2H3/b10-7-;. The molecular formula is C12H22. The largest absolute Gasteiger partial charge is 0.0961 e. The fourth-order valence-electron chi connectivity index (χ4n) is 0.824. The van der Waals surface area contributed by atoms with Gasteiger partial charge in [-0.1, -0.05) is 51.2 Å². The van der Waals surface area contributed by atoms with Crippen molar-refractivity contribution in [1.82, 2.24) is 0 Å². The van der Waals surface area contributed by atoms with Crippen molar-refractivity contribution in [3.63, 3.8) is 0 Å². The maximum absolute atomic E-state index is 3.87. The highest BCUT2D eigenvalue weighted by atomic mass is 14.0. The molecule has 0 nitrogen and oxygen atoms in total. The van der Waals surface area contributed by atoms with Crippen LogP contribution in [0.25, 0.3) is 0 Å². The van der Waals surface area contributed by atoms with Crippen LogP contribution >= 0.6 is 0 Å². The van der Waals surface area contributed by atoms with Gasteiger partial charge in [0.15, 0.2) is 0 Å². The van der Waals surface area contributed by atoms with Crippen LogP contribution in [-0.2, 0) is 0 Å². The minimum atomic E-state index is 1.04. The average Bonchev–Trinajstić information content (AvgIpc) is 2.03. The fraction of sp³-hybridized carbons (Fsp3) is 0.500. The van der Waals surface area contributed by atoms with Crippen LogP contribution in [0.5, 0.6) is 0 Å². The molecule has 0 heteroatoms. The Labute approximate surface area is 77.7 Å². The second-order valence-electron chi connectivity index (χ2n) is 2.65. The van der Waals surface area contributed by atoms with Crippen molar-refractivity contribution < 1.29 is 0 Å². The van der Waals surface area contributed by atoms with Gasteiger partial charge in [-0.05, 0) is 25.8 Å². The molecule has 0 heterocycles. The Morgan fingerprint density at radius 2 is 1.58 bits per heavy atom. The van der Waals surface area contributed by atoms with Gasteiger partial charge >= 0.3 is 0 Å². The molecule has 0 unspecified atom stereocenters. The summed E-state index contributed by atoms with van der Waals surface area (Å²) in [5.74, 6) is 0. The molecule has 0 atom stereocenters. The van der Waals surface area contributed by atoms with Crippen molar-refractivity contribution in [3.05, 3.63) is 36.0 Å². The molecule has 0 spiro atoms. The van der Waals surface area contributed by atoms with E-state index in [1.807, 2.05) is 27.7 Å². The van der Waals surface area contributed by atoms with E-state index < -0.39 is 0 Å². The third-order valence-electron chi connectivity index (χ3n) is 1.35. The van der Waals surface area contributed by atoms with Crippen molar-refractivity contribution in [2.24, 2.45) is 0 Å². The molecule has 12 heavy (non-hydrogen) atoms. The van der Waals surface area contributed by atoms with E-state index in [0.717, 1.165) is 17.6 Å². The quantitative estimate of drug-likeness (QED) is 0.541. The second kappa shape index (κ2) is 8.32. The molecule has 0 N–H and O–H groups in total. The summed E-state index contributed by atoms with van der Waals surface area (Å²) in [6, 6.07) is 0. The van der Waals surface area contributed by atoms with E-state index in [2.05, 4.69) is 26.2 Å². The summed E-state index contributed by atoms with van der Waals surface area (Å²) >= 11 is 0. The molecule has 0 aliphatic rings. The summed E-state index contributed by atoms with van der Waals surface area (Å²) in [5.41, 5.74) is 3.54. The minimum Gasteiger partial charge on any atom is -0.0961 e. The summed E-state index contributed by atoms with van der Waals surface area (Å²) in [6.07, 6.45) is 3.13. The molecule has 0 aromatic rings. The van der Waals surface area contributed by atoms with Gasteiger partial charge in [0.2, 0.25) is 0 Å². The highest BCUT2D eigenvalue weighted by Crippen LogP contribution is 2.12. The van der Waals surface area contributed by atoms with E-state index in [0.29, 0.717) is 0 Å². The summed E-state index contributed by atoms with van der Waals surface area (Å²) in [6.45, 7) is 17.8. The number of allylic oxidation sites excluding steroid dienone is 4. The van der Waals surface area contributed by atoms with Crippen LogP contribution in [0.1, 0.15) is 41.0 Å². The van der Waals surface area contributed by atoms with Crippen LogP contribution in [0.3, 0.4) is 0 Å². The average molecular weight is 166 g/mol. The van der Waals surface area contributed by atoms with Crippen LogP contribution in [0.15, 0.2) is 36.0 Å². The molecule has 0 saturated heterocycles. The molecule has 0 fully saturated rings. The zero-order valence-electron chi connectivity index (χ0n) is 9.20. The molecule has 0 saturated carbocycles. The SMILES string of the molecule is C=C(C)/C=C(/CC)C(=C)C.CC. The second-order valence-corrected chi connectivity index (χ2v) is 2.65. The molecule has 0 aromatic carbocycles. The first-order chi connectivity index (χ1) is 5.57. The Morgan fingerprint density at radius 1 is 1.17 bits per heavy atom. The minimum absolute atomic E-state index is 1.04. The first-order valence-electron chi connectivity index (χ1n) is 4.60. The lowest BCUT2D eigenvalue weighted by molar-refractivity contribution is 1.10. The molecule has 0 aliphatic heterocycles. The van der Waals surface area contributed by atoms with Crippen molar-refractivity contribution in [3.8, 4) is 0 Å². The lowest BCUT2D eigenvalue weighted by atomic mass is 10.0. The lowest BCUT2D eigenvalue weighted by Crippen LogP contribution is -1.81. The fourth-order valence-corrected chi connectivity index (χ4v) is 0.824. The molecule has 0 rings (SSSR count). The van der Waals surface area contributed by atoms with Crippen molar-refractivity contribution in [1.29, 1.82) is 0 Å². The Morgan fingerprint density at radius 3 is 1.67 bits per heavy atom. The van der Waals surface area contributed by atoms with E-state index in [4.69, 9.17) is 0 Å². The Bertz CT molecular complexity index is 170. The summed E-state index contributed by atoms with van der Waals surface area (Å²) in [4.78, 5) is 0. The van der Waals surface area contributed by atoms with E-state index in [9.17, 15) is 0 Å². The monoisotopic (exact) mass is 166 g/mol. The first-order valence-corrected chi connectivity index (χ1v) is 4.60. The van der Waals surface area contributed by atoms with E-state index in [1.54, 1.807) is 0 Å². The van der Waals surface area contributed by atoms with Crippen LogP contribution in [0.4, 0.5) is 0 Å². The molecule has 70 valence electrons. The molecule has 0 radical (unpaired) electrons. The number of rotatable bonds is 3. The summed E-state index contributed by atoms with van der Waals surface area (Å²) in [7, 11) is 0. The third kappa shape index (κ3) is 7.33. The summed E-state index contributed by atoms with van der Waals surface area (Å²) < 4.78 is 0. The molecule has 0 amide bonds. The van der Waals surface area contributed by atoms with Crippen LogP contribution in [0, 0.1) is 0 Å². The van der Waals surface area contributed by atoms with Crippen molar-refractivity contribution in [2.75, 3.05) is 0 Å². The Kier molecular flexibility index (Phi) is 9.56. The van der Waals surface area contributed by atoms with Crippen LogP contribution < -0.4 is 0 Å². The van der Waals surface area contributed by atoms with Gasteiger partial charge in [-0.15, -0.1) is 0 Å². The normalized spacial score (nSPS) is 9.92. The van der Waals surface area contributed by atoms with Gasteiger partial charge in [0.05, 0.1) is 0 Å². The maximum atomic E-state index is 3.87. The van der Waals surface area contributed by atoms with Gasteiger partial charge in [-0.25, -0.2) is 0 Å². The first kappa shape index (κ1) is 13.8. The lowest BCUT2D eigenvalue weighted by Gasteiger charge is -2.01. The highest BCUT2D eigenvalue weighted by molar-refractivity contribution is 5.32. The molecule has 0 aromatic heterocycles. The number of hydrogen-bond acceptors (Lipinski definition) is 0. The smallest absolute Gasteiger partial charge is 0.0305 e. The van der Waals surface area contributed by atoms with Gasteiger partial charge in [-0.3, -0.25) is 0 Å². The highest BCUT2D eigenvalue weighted by Gasteiger charge is 1.92. The molecule has 0 bridgehead atoms. The van der Waals surface area contributed by atoms with Gasteiger partial charge < -0.3 is 0 Å². The zero-order valence-corrected chi connectivity index (χ0v) is 9.20. The Hall–Kier alpha value is -0.780. The van der Waals surface area contributed by atoms with Crippen molar-refractivity contribution in [2.45, 2.75) is 41.0 Å². The van der Waals surface area contributed by atoms with Gasteiger partial charge in [-0.2, -0.15) is 0 Å². The number of hydrogen-bond donors (Lipinski definition) is 0. The van der Waals surface area contributed by atoms with Crippen molar-refractivity contribution >= 4 is 0 Å². The maximum Gasteiger partial charge on any atom is -0.0305 e. The molecule has 0 aliphatic carbocycles. The topological polar surface area (TPSA) is 0 Å². The predicted octanol–water partition coefficient (Wildman–Crippen LogP) is 4.50. The van der Waals surface area contributed by atoms with Crippen LogP contribution in [0.2, 0.25) is 0 Å². The third-order valence-corrected chi connectivity index (χ3v) is 1.35. The van der Waals surface area contributed by atoms with Gasteiger partial charge in [0.25, 0.3) is 0 Å². The predicted molar refractivity (Wildman–Crippen MR) is 59.4 cm³/mol. The van der Waals surface area contributed by atoms with Gasteiger partial charge in [0.1, 0.15) is 0 Å². The van der Waals surface area contributed by atoms with E-state index >= 15 is 0 Å². The summed E-state index contributed by atoms with van der Waals surface area (Å²) in [5, 5.41) is 0.